The number of aromatic nitrogens is 2. The number of benzene rings is 2. The smallest absolute Gasteiger partial charge is 0.257 e. The molecule has 1 amide bonds. The van der Waals surface area contributed by atoms with E-state index in [1.54, 1.807) is 18.3 Å². The van der Waals surface area contributed by atoms with Gasteiger partial charge in [0.25, 0.3) is 5.91 Å². The van der Waals surface area contributed by atoms with Gasteiger partial charge < -0.3 is 15.4 Å². The molecular weight excluding hydrogens is 492 g/mol. The molecule has 0 saturated heterocycles. The maximum atomic E-state index is 13.0. The van der Waals surface area contributed by atoms with E-state index in [2.05, 4.69) is 43.7 Å². The minimum Gasteiger partial charge on any atom is -0.437 e. The second-order valence-electron chi connectivity index (χ2n) is 8.44. The molecule has 0 spiro atoms. The van der Waals surface area contributed by atoms with Crippen LogP contribution in [0.3, 0.4) is 0 Å². The van der Waals surface area contributed by atoms with Crippen molar-refractivity contribution in [3.8, 4) is 11.6 Å². The summed E-state index contributed by atoms with van der Waals surface area (Å²) >= 11 is 3.47. The van der Waals surface area contributed by atoms with Gasteiger partial charge >= 0.3 is 0 Å². The number of pyridine rings is 2. The molecule has 6 nitrogen and oxygen atoms in total. The summed E-state index contributed by atoms with van der Waals surface area (Å²) < 4.78 is 6.73. The first-order valence-electron chi connectivity index (χ1n) is 11.5. The quantitative estimate of drug-likeness (QED) is 0.312. The topological polar surface area (TPSA) is 76.1 Å². The summed E-state index contributed by atoms with van der Waals surface area (Å²) in [5.41, 5.74) is 1.42. The monoisotopic (exact) mass is 516 g/mol. The van der Waals surface area contributed by atoms with Gasteiger partial charge in [-0.3, -0.25) is 4.79 Å². The molecular formula is C27H25BrN4O2. The maximum Gasteiger partial charge on any atom is 0.257 e. The summed E-state index contributed by atoms with van der Waals surface area (Å²) in [6.45, 7) is 0. The molecule has 1 saturated carbocycles. The Kier molecular flexibility index (Phi) is 6.72. The molecule has 5 rings (SSSR count). The van der Waals surface area contributed by atoms with Crippen LogP contribution in [-0.4, -0.2) is 28.0 Å². The van der Waals surface area contributed by atoms with Gasteiger partial charge in [0.15, 0.2) is 0 Å². The number of rotatable bonds is 6. The van der Waals surface area contributed by atoms with E-state index >= 15 is 0 Å². The van der Waals surface area contributed by atoms with Gasteiger partial charge in [0.1, 0.15) is 17.1 Å². The van der Waals surface area contributed by atoms with Crippen LogP contribution in [-0.2, 0) is 0 Å². The van der Waals surface area contributed by atoms with Gasteiger partial charge in [0.05, 0.1) is 9.99 Å². The Morgan fingerprint density at radius 2 is 1.65 bits per heavy atom. The van der Waals surface area contributed by atoms with Gasteiger partial charge in [0, 0.05) is 23.7 Å². The average molecular weight is 517 g/mol. The average Bonchev–Trinajstić information content (AvgIpc) is 2.87. The molecule has 2 aromatic heterocycles. The van der Waals surface area contributed by atoms with Gasteiger partial charge in [-0.2, -0.15) is 0 Å². The number of amides is 1. The predicted octanol–water partition coefficient (Wildman–Crippen LogP) is 6.34. The molecule has 1 fully saturated rings. The molecule has 34 heavy (non-hydrogen) atoms. The Balaban J connectivity index is 1.18. The molecule has 1 aliphatic carbocycles. The van der Waals surface area contributed by atoms with Crippen LogP contribution in [0.2, 0.25) is 0 Å². The summed E-state index contributed by atoms with van der Waals surface area (Å²) in [5, 5.41) is 7.87. The Hall–Kier alpha value is -3.45. The third-order valence-corrected chi connectivity index (χ3v) is 6.73. The number of ether oxygens (including phenoxy) is 1. The molecule has 0 bridgehead atoms. The highest BCUT2D eigenvalue weighted by molar-refractivity contribution is 9.10. The number of nitrogens with zero attached hydrogens (tertiary/aromatic N) is 2. The van der Waals surface area contributed by atoms with E-state index in [0.29, 0.717) is 23.2 Å². The highest BCUT2D eigenvalue weighted by atomic mass is 79.9. The normalized spacial score (nSPS) is 17.8. The van der Waals surface area contributed by atoms with Crippen LogP contribution in [0.15, 0.2) is 83.5 Å². The fourth-order valence-electron chi connectivity index (χ4n) is 4.28. The highest BCUT2D eigenvalue weighted by Gasteiger charge is 2.24. The van der Waals surface area contributed by atoms with Gasteiger partial charge in [-0.25, -0.2) is 9.97 Å². The van der Waals surface area contributed by atoms with E-state index in [4.69, 9.17) is 9.72 Å². The van der Waals surface area contributed by atoms with Crippen LogP contribution in [0, 0.1) is 0 Å². The lowest BCUT2D eigenvalue weighted by Crippen LogP contribution is -2.40. The van der Waals surface area contributed by atoms with Gasteiger partial charge in [-0.15, -0.1) is 0 Å². The Labute approximate surface area is 206 Å². The molecule has 0 atom stereocenters. The predicted molar refractivity (Wildman–Crippen MR) is 137 cm³/mol. The number of halogens is 1. The van der Waals surface area contributed by atoms with Gasteiger partial charge in [-0.1, -0.05) is 30.3 Å². The number of anilines is 1. The molecule has 7 heteroatoms. The van der Waals surface area contributed by atoms with E-state index in [9.17, 15) is 4.79 Å². The number of carbonyl (C=O) groups excluding carboxylic acids is 1. The number of para-hydroxylation sites is 2. The van der Waals surface area contributed by atoms with Crippen molar-refractivity contribution in [2.75, 3.05) is 5.32 Å². The number of carbonyl (C=O) groups is 1. The fraction of sp³-hybridized carbons (Fsp3) is 0.222. The summed E-state index contributed by atoms with van der Waals surface area (Å²) in [5.74, 6) is 1.65. The van der Waals surface area contributed by atoms with Crippen molar-refractivity contribution >= 4 is 38.6 Å². The number of hydrogen-bond acceptors (Lipinski definition) is 5. The van der Waals surface area contributed by atoms with Crippen molar-refractivity contribution in [2.45, 2.75) is 37.8 Å². The Morgan fingerprint density at radius 3 is 2.50 bits per heavy atom. The Bertz CT molecular complexity index is 1300. The largest absolute Gasteiger partial charge is 0.437 e. The zero-order valence-corrected chi connectivity index (χ0v) is 20.2. The first-order valence-corrected chi connectivity index (χ1v) is 12.3. The lowest BCUT2D eigenvalue weighted by atomic mass is 9.91. The van der Waals surface area contributed by atoms with Crippen molar-refractivity contribution in [1.82, 2.24) is 15.3 Å². The molecule has 0 aliphatic heterocycles. The van der Waals surface area contributed by atoms with Crippen molar-refractivity contribution in [3.05, 3.63) is 89.0 Å². The van der Waals surface area contributed by atoms with Crippen LogP contribution in [0.5, 0.6) is 11.6 Å². The number of hydrogen-bond donors (Lipinski definition) is 2. The van der Waals surface area contributed by atoms with Crippen molar-refractivity contribution < 1.29 is 9.53 Å². The van der Waals surface area contributed by atoms with E-state index in [1.165, 1.54) is 0 Å². The number of nitrogens with one attached hydrogen (secondary N) is 2. The van der Waals surface area contributed by atoms with Crippen molar-refractivity contribution in [2.24, 2.45) is 0 Å². The minimum atomic E-state index is -0.164. The fourth-order valence-corrected chi connectivity index (χ4v) is 4.64. The first-order chi connectivity index (χ1) is 16.7. The summed E-state index contributed by atoms with van der Waals surface area (Å²) in [6.07, 6.45) is 5.36. The van der Waals surface area contributed by atoms with Crippen LogP contribution in [0.25, 0.3) is 10.9 Å². The second-order valence-corrected chi connectivity index (χ2v) is 9.30. The zero-order chi connectivity index (χ0) is 23.3. The van der Waals surface area contributed by atoms with E-state index < -0.39 is 0 Å². The molecule has 0 unspecified atom stereocenters. The third kappa shape index (κ3) is 5.20. The maximum absolute atomic E-state index is 13.0. The molecule has 2 aromatic carbocycles. The third-order valence-electron chi connectivity index (χ3n) is 6.07. The van der Waals surface area contributed by atoms with Crippen LogP contribution in [0.4, 0.5) is 5.82 Å². The van der Waals surface area contributed by atoms with Gasteiger partial charge in [-0.05, 0) is 84.1 Å². The lowest BCUT2D eigenvalue weighted by molar-refractivity contribution is 0.0923. The molecule has 2 N–H and O–H groups in total. The van der Waals surface area contributed by atoms with Crippen molar-refractivity contribution in [1.29, 1.82) is 0 Å². The lowest BCUT2D eigenvalue weighted by Gasteiger charge is -2.30. The van der Waals surface area contributed by atoms with Crippen LogP contribution < -0.4 is 15.4 Å². The molecule has 4 aromatic rings. The van der Waals surface area contributed by atoms with Gasteiger partial charge in [0.2, 0.25) is 5.88 Å². The molecule has 1 aliphatic rings. The second kappa shape index (κ2) is 10.2. The first kappa shape index (κ1) is 22.3. The highest BCUT2D eigenvalue weighted by Crippen LogP contribution is 2.30. The van der Waals surface area contributed by atoms with E-state index in [0.717, 1.165) is 46.9 Å². The summed E-state index contributed by atoms with van der Waals surface area (Å²) in [6, 6.07) is 23.7. The van der Waals surface area contributed by atoms with E-state index in [-0.39, 0.29) is 11.9 Å². The standard InChI is InChI=1S/C27H25BrN4O2/c28-22-8-2-4-10-24(22)34-27-21(7-5-17-29-27)26(33)31-20-14-12-19(13-15-20)30-25-16-11-18-6-1-3-9-23(18)32-25/h1-11,16-17,19-20H,12-15H2,(H,30,32)(H,31,33)/t19-,20+. The molecule has 0 radical (unpaired) electrons. The van der Waals surface area contributed by atoms with Crippen LogP contribution >= 0.6 is 15.9 Å². The molecule has 172 valence electrons. The SMILES string of the molecule is O=C(N[C@H]1CC[C@@H](Nc2ccc3ccccc3n2)CC1)c1cccnc1Oc1ccccc1Br. The van der Waals surface area contributed by atoms with E-state index in [1.807, 2.05) is 48.5 Å². The summed E-state index contributed by atoms with van der Waals surface area (Å²) in [4.78, 5) is 22.0. The zero-order valence-electron chi connectivity index (χ0n) is 18.6. The molecule has 2 heterocycles. The minimum absolute atomic E-state index is 0.117. The Morgan fingerprint density at radius 1 is 0.882 bits per heavy atom. The van der Waals surface area contributed by atoms with Crippen molar-refractivity contribution in [3.63, 3.8) is 0 Å². The van der Waals surface area contributed by atoms with Crippen LogP contribution in [0.1, 0.15) is 36.0 Å². The summed E-state index contributed by atoms with van der Waals surface area (Å²) in [7, 11) is 0. The number of fused-ring (bicyclic) bond motifs is 1.